The van der Waals surface area contributed by atoms with Gasteiger partial charge in [0, 0.05) is 11.5 Å². The highest BCUT2D eigenvalue weighted by molar-refractivity contribution is 5.83. The normalized spacial score (nSPS) is 11.2. The van der Waals surface area contributed by atoms with Crippen molar-refractivity contribution in [3.63, 3.8) is 0 Å². The summed E-state index contributed by atoms with van der Waals surface area (Å²) in [6.45, 7) is 6.58. The van der Waals surface area contributed by atoms with Crippen molar-refractivity contribution >= 4 is 11.0 Å². The number of nitrogens with zero attached hydrogens (tertiary/aromatic N) is 3. The van der Waals surface area contributed by atoms with Crippen LogP contribution in [0.2, 0.25) is 0 Å². The summed E-state index contributed by atoms with van der Waals surface area (Å²) in [6.07, 6.45) is 0. The minimum Gasteiger partial charge on any atom is -0.288 e. The number of rotatable bonds is 3. The van der Waals surface area contributed by atoms with Crippen molar-refractivity contribution in [2.24, 2.45) is 0 Å². The van der Waals surface area contributed by atoms with Crippen LogP contribution in [0.1, 0.15) is 22.4 Å². The Bertz CT molecular complexity index is 1150. The number of pyridine rings is 1. The van der Waals surface area contributed by atoms with Gasteiger partial charge in [-0.2, -0.15) is 5.10 Å². The Morgan fingerprint density at radius 2 is 1.58 bits per heavy atom. The largest absolute Gasteiger partial charge is 0.288 e. The summed E-state index contributed by atoms with van der Waals surface area (Å²) >= 11 is 0. The van der Waals surface area contributed by atoms with Crippen LogP contribution in [0.25, 0.3) is 16.7 Å². The molecule has 0 aliphatic carbocycles. The van der Waals surface area contributed by atoms with Crippen LogP contribution in [0.4, 0.5) is 0 Å². The number of benzene rings is 2. The molecule has 130 valence electrons. The van der Waals surface area contributed by atoms with Crippen LogP contribution >= 0.6 is 0 Å². The second kappa shape index (κ2) is 6.30. The quantitative estimate of drug-likeness (QED) is 0.560. The smallest absolute Gasteiger partial charge is 0.252 e. The van der Waals surface area contributed by atoms with Gasteiger partial charge in [-0.15, -0.1) is 0 Å². The van der Waals surface area contributed by atoms with Gasteiger partial charge in [0.25, 0.3) is 5.56 Å². The Kier molecular flexibility index (Phi) is 3.96. The van der Waals surface area contributed by atoms with Gasteiger partial charge >= 0.3 is 0 Å². The first-order valence-corrected chi connectivity index (χ1v) is 8.76. The molecule has 4 heteroatoms. The van der Waals surface area contributed by atoms with Gasteiger partial charge in [0.2, 0.25) is 0 Å². The Hall–Kier alpha value is -3.14. The lowest BCUT2D eigenvalue weighted by atomic mass is 10.1. The highest BCUT2D eigenvalue weighted by Crippen LogP contribution is 2.24. The van der Waals surface area contributed by atoms with Crippen LogP contribution in [-0.2, 0) is 6.54 Å². The predicted octanol–water partition coefficient (Wildman–Crippen LogP) is 4.16. The Morgan fingerprint density at radius 1 is 0.885 bits per heavy atom. The molecule has 0 aliphatic rings. The number of hydrogen-bond acceptors (Lipinski definition) is 2. The number of fused-ring (bicyclic) bond motifs is 1. The Balaban J connectivity index is 2.04. The number of aryl methyl sites for hydroxylation is 3. The molecule has 0 unspecified atom stereocenters. The third kappa shape index (κ3) is 2.64. The van der Waals surface area contributed by atoms with Crippen molar-refractivity contribution in [1.82, 2.24) is 14.3 Å². The number of aromatic nitrogens is 3. The molecule has 0 bridgehead atoms. The Morgan fingerprint density at radius 3 is 2.31 bits per heavy atom. The average molecular weight is 343 g/mol. The fourth-order valence-corrected chi connectivity index (χ4v) is 3.53. The molecule has 0 amide bonds. The second-order valence-electron chi connectivity index (χ2n) is 6.71. The molecule has 0 aliphatic heterocycles. The molecular weight excluding hydrogens is 322 g/mol. The standard InChI is InChI=1S/C22H21N3O/c1-15-9-7-8-10-18(15)14-24-20(26)13-16(2)21-17(3)23-25(22(21)24)19-11-5-4-6-12-19/h4-13H,14H2,1-3H3. The number of para-hydroxylation sites is 1. The van der Waals surface area contributed by atoms with Crippen molar-refractivity contribution in [1.29, 1.82) is 0 Å². The summed E-state index contributed by atoms with van der Waals surface area (Å²) in [5.74, 6) is 0. The minimum atomic E-state index is -0.00432. The molecule has 2 aromatic carbocycles. The van der Waals surface area contributed by atoms with E-state index in [0.717, 1.165) is 33.5 Å². The molecule has 0 fully saturated rings. The van der Waals surface area contributed by atoms with Gasteiger partial charge in [-0.1, -0.05) is 42.5 Å². The lowest BCUT2D eigenvalue weighted by molar-refractivity contribution is 0.747. The van der Waals surface area contributed by atoms with Gasteiger partial charge in [-0.25, -0.2) is 4.68 Å². The summed E-state index contributed by atoms with van der Waals surface area (Å²) in [5, 5.41) is 5.79. The monoisotopic (exact) mass is 343 g/mol. The molecule has 0 spiro atoms. The number of hydrogen-bond donors (Lipinski definition) is 0. The van der Waals surface area contributed by atoms with Gasteiger partial charge in [-0.3, -0.25) is 9.36 Å². The maximum Gasteiger partial charge on any atom is 0.252 e. The van der Waals surface area contributed by atoms with E-state index in [0.29, 0.717) is 6.54 Å². The van der Waals surface area contributed by atoms with Gasteiger partial charge < -0.3 is 0 Å². The molecule has 0 atom stereocenters. The molecule has 4 nitrogen and oxygen atoms in total. The summed E-state index contributed by atoms with van der Waals surface area (Å²) in [7, 11) is 0. The third-order valence-electron chi connectivity index (χ3n) is 4.88. The average Bonchev–Trinajstić information content (AvgIpc) is 2.98. The van der Waals surface area contributed by atoms with Crippen LogP contribution in [0, 0.1) is 20.8 Å². The van der Waals surface area contributed by atoms with E-state index in [9.17, 15) is 4.79 Å². The SMILES string of the molecule is Cc1ccccc1Cn1c(=O)cc(C)c2c(C)nn(-c3ccccc3)c21. The van der Waals surface area contributed by atoms with Crippen molar-refractivity contribution in [3.05, 3.63) is 93.4 Å². The topological polar surface area (TPSA) is 39.8 Å². The zero-order valence-corrected chi connectivity index (χ0v) is 15.2. The van der Waals surface area contributed by atoms with Crippen LogP contribution < -0.4 is 5.56 Å². The van der Waals surface area contributed by atoms with Crippen molar-refractivity contribution in [3.8, 4) is 5.69 Å². The summed E-state index contributed by atoms with van der Waals surface area (Å²) in [6, 6.07) is 19.9. The molecule has 4 rings (SSSR count). The lowest BCUT2D eigenvalue weighted by Crippen LogP contribution is -2.23. The predicted molar refractivity (Wildman–Crippen MR) is 105 cm³/mol. The fourth-order valence-electron chi connectivity index (χ4n) is 3.53. The summed E-state index contributed by atoms with van der Waals surface area (Å²) in [4.78, 5) is 12.9. The first kappa shape index (κ1) is 16.3. The molecule has 2 aromatic heterocycles. The van der Waals surface area contributed by atoms with Crippen molar-refractivity contribution in [2.45, 2.75) is 27.3 Å². The molecule has 4 aromatic rings. The van der Waals surface area contributed by atoms with Crippen molar-refractivity contribution in [2.75, 3.05) is 0 Å². The highest BCUT2D eigenvalue weighted by atomic mass is 16.1. The minimum absolute atomic E-state index is 0.00432. The highest BCUT2D eigenvalue weighted by Gasteiger charge is 2.17. The first-order chi connectivity index (χ1) is 12.6. The molecule has 0 saturated heterocycles. The lowest BCUT2D eigenvalue weighted by Gasteiger charge is -2.13. The molecule has 0 saturated carbocycles. The first-order valence-electron chi connectivity index (χ1n) is 8.76. The molecular formula is C22H21N3O. The van der Waals surface area contributed by atoms with Crippen LogP contribution in [0.3, 0.4) is 0 Å². The van der Waals surface area contributed by atoms with E-state index in [4.69, 9.17) is 5.10 Å². The summed E-state index contributed by atoms with van der Waals surface area (Å²) in [5.41, 5.74) is 6.01. The van der Waals surface area contributed by atoms with Gasteiger partial charge in [0.05, 0.1) is 17.9 Å². The molecule has 0 radical (unpaired) electrons. The van der Waals surface area contributed by atoms with Crippen LogP contribution in [-0.4, -0.2) is 14.3 Å². The van der Waals surface area contributed by atoms with E-state index < -0.39 is 0 Å². The third-order valence-corrected chi connectivity index (χ3v) is 4.88. The van der Waals surface area contributed by atoms with Crippen LogP contribution in [0.5, 0.6) is 0 Å². The van der Waals surface area contributed by atoms with E-state index in [-0.39, 0.29) is 5.56 Å². The summed E-state index contributed by atoms with van der Waals surface area (Å²) < 4.78 is 3.72. The van der Waals surface area contributed by atoms with Gasteiger partial charge in [-0.05, 0) is 49.6 Å². The van der Waals surface area contributed by atoms with E-state index in [1.165, 1.54) is 5.56 Å². The van der Waals surface area contributed by atoms with Crippen LogP contribution in [0.15, 0.2) is 65.5 Å². The van der Waals surface area contributed by atoms with E-state index >= 15 is 0 Å². The molecule has 2 heterocycles. The maximum absolute atomic E-state index is 12.9. The molecule has 26 heavy (non-hydrogen) atoms. The zero-order valence-electron chi connectivity index (χ0n) is 15.2. The second-order valence-corrected chi connectivity index (χ2v) is 6.71. The zero-order chi connectivity index (χ0) is 18.3. The van der Waals surface area contributed by atoms with E-state index in [1.54, 1.807) is 6.07 Å². The van der Waals surface area contributed by atoms with Gasteiger partial charge in [0.1, 0.15) is 5.65 Å². The van der Waals surface area contributed by atoms with E-state index in [1.807, 2.05) is 65.6 Å². The Labute approximate surface area is 152 Å². The van der Waals surface area contributed by atoms with E-state index in [2.05, 4.69) is 19.1 Å². The fraction of sp³-hybridized carbons (Fsp3) is 0.182. The maximum atomic E-state index is 12.9. The molecule has 0 N–H and O–H groups in total. The van der Waals surface area contributed by atoms with Gasteiger partial charge in [0.15, 0.2) is 0 Å². The van der Waals surface area contributed by atoms with Crippen molar-refractivity contribution < 1.29 is 0 Å².